The van der Waals surface area contributed by atoms with Crippen LogP contribution >= 0.6 is 0 Å². The Labute approximate surface area is 117 Å². The van der Waals surface area contributed by atoms with Gasteiger partial charge in [0.2, 0.25) is 0 Å². The van der Waals surface area contributed by atoms with Crippen molar-refractivity contribution in [1.29, 1.82) is 0 Å². The van der Waals surface area contributed by atoms with Crippen LogP contribution in [0.3, 0.4) is 0 Å². The first-order valence-corrected chi connectivity index (χ1v) is 7.83. The summed E-state index contributed by atoms with van der Waals surface area (Å²) >= 11 is 0. The second kappa shape index (κ2) is 3.08. The van der Waals surface area contributed by atoms with Crippen molar-refractivity contribution < 1.29 is 19.1 Å². The lowest BCUT2D eigenvalue weighted by Crippen LogP contribution is -2.61. The maximum absolute atomic E-state index is 12.8. The molecule has 0 radical (unpaired) electrons. The van der Waals surface area contributed by atoms with Gasteiger partial charge in [-0.2, -0.15) is 0 Å². The summed E-state index contributed by atoms with van der Waals surface area (Å²) in [6, 6.07) is 0. The summed E-state index contributed by atoms with van der Waals surface area (Å²) in [6.07, 6.45) is 5.17. The lowest BCUT2D eigenvalue weighted by molar-refractivity contribution is -0.175. The second-order valence-electron chi connectivity index (χ2n) is 7.49. The Hall–Kier alpha value is -1.03. The number of carbonyl (C=O) groups excluding carboxylic acids is 3. The van der Waals surface area contributed by atoms with Crippen LogP contribution in [-0.4, -0.2) is 29.1 Å². The topological polar surface area (TPSA) is 60.4 Å². The summed E-state index contributed by atoms with van der Waals surface area (Å²) in [6.45, 7) is 0. The molecule has 5 saturated carbocycles. The number of hydrogen-bond donors (Lipinski definition) is 0. The van der Waals surface area contributed by atoms with E-state index in [1.165, 1.54) is 0 Å². The highest BCUT2D eigenvalue weighted by Crippen LogP contribution is 2.77. The number of ketones is 3. The smallest absolute Gasteiger partial charge is 0.166 e. The summed E-state index contributed by atoms with van der Waals surface area (Å²) < 4.78 is 6.28. The van der Waals surface area contributed by atoms with E-state index in [1.807, 2.05) is 0 Å². The molecule has 0 unspecified atom stereocenters. The number of ether oxygens (including phenoxy) is 1. The lowest BCUT2D eigenvalue weighted by Gasteiger charge is -2.54. The molecule has 6 fully saturated rings. The van der Waals surface area contributed by atoms with Gasteiger partial charge in [-0.05, 0) is 32.1 Å². The van der Waals surface area contributed by atoms with Gasteiger partial charge in [0.15, 0.2) is 5.78 Å². The maximum Gasteiger partial charge on any atom is 0.166 e. The molecule has 1 heterocycles. The van der Waals surface area contributed by atoms with Crippen LogP contribution < -0.4 is 0 Å². The molecule has 6 rings (SSSR count). The molecule has 20 heavy (non-hydrogen) atoms. The summed E-state index contributed by atoms with van der Waals surface area (Å²) in [7, 11) is 0. The molecular weight excluding hydrogens is 256 g/mol. The van der Waals surface area contributed by atoms with Gasteiger partial charge in [-0.1, -0.05) is 0 Å². The summed E-state index contributed by atoms with van der Waals surface area (Å²) in [5.41, 5.74) is -1.91. The fourth-order valence-electron chi connectivity index (χ4n) is 6.42. The first-order valence-electron chi connectivity index (χ1n) is 7.83. The standard InChI is InChI=1S/C16H18O4/c17-10-7-14-5-4-9(10)6-16(14)12(19)8-15(14)11(18)2-1-3-13(15)20-16/h9,13H,1-8H2/t9-,13+,14-,15-,16+/m1/s1. The van der Waals surface area contributed by atoms with E-state index in [1.54, 1.807) is 0 Å². The van der Waals surface area contributed by atoms with Crippen molar-refractivity contribution in [3.05, 3.63) is 0 Å². The summed E-state index contributed by atoms with van der Waals surface area (Å²) in [5.74, 6) is 0.575. The van der Waals surface area contributed by atoms with E-state index in [0.29, 0.717) is 25.7 Å². The molecule has 0 amide bonds. The van der Waals surface area contributed by atoms with Crippen LogP contribution in [0.15, 0.2) is 0 Å². The van der Waals surface area contributed by atoms with Crippen LogP contribution in [0, 0.1) is 16.7 Å². The second-order valence-corrected chi connectivity index (χ2v) is 7.49. The third kappa shape index (κ3) is 0.859. The minimum Gasteiger partial charge on any atom is -0.362 e. The number of hydrogen-bond acceptors (Lipinski definition) is 4. The minimum atomic E-state index is -0.783. The number of fused-ring (bicyclic) bond motifs is 2. The van der Waals surface area contributed by atoms with Gasteiger partial charge < -0.3 is 4.74 Å². The maximum atomic E-state index is 12.8. The average molecular weight is 274 g/mol. The van der Waals surface area contributed by atoms with Gasteiger partial charge in [0.25, 0.3) is 0 Å². The van der Waals surface area contributed by atoms with Gasteiger partial charge in [-0.15, -0.1) is 0 Å². The normalized spacial score (nSPS) is 56.1. The van der Waals surface area contributed by atoms with Crippen molar-refractivity contribution in [2.75, 3.05) is 0 Å². The zero-order valence-electron chi connectivity index (χ0n) is 11.4. The van der Waals surface area contributed by atoms with E-state index < -0.39 is 16.4 Å². The highest BCUT2D eigenvalue weighted by atomic mass is 16.5. The molecule has 0 aromatic carbocycles. The largest absolute Gasteiger partial charge is 0.362 e. The molecule has 6 aliphatic rings. The number of rotatable bonds is 0. The van der Waals surface area contributed by atoms with E-state index in [-0.39, 0.29) is 29.4 Å². The van der Waals surface area contributed by atoms with Crippen molar-refractivity contribution in [1.82, 2.24) is 0 Å². The molecule has 5 aliphatic carbocycles. The Morgan fingerprint density at radius 3 is 2.70 bits per heavy atom. The average Bonchev–Trinajstić information content (AvgIpc) is 2.79. The molecular formula is C16H18O4. The summed E-state index contributed by atoms with van der Waals surface area (Å²) in [5, 5.41) is 0. The predicted molar refractivity (Wildman–Crippen MR) is 67.9 cm³/mol. The van der Waals surface area contributed by atoms with Crippen LogP contribution in [0.1, 0.15) is 51.4 Å². The summed E-state index contributed by atoms with van der Waals surface area (Å²) in [4.78, 5) is 37.8. The SMILES string of the molecule is O=C1C[C@@]23CC[C@@H]1C[C@@]21O[C@H]2CCCC(=O)[C@]23CC1=O. The molecule has 4 heteroatoms. The van der Waals surface area contributed by atoms with Gasteiger partial charge in [0.1, 0.15) is 17.2 Å². The Balaban J connectivity index is 1.80. The molecule has 1 saturated heterocycles. The van der Waals surface area contributed by atoms with Crippen LogP contribution in [0.25, 0.3) is 0 Å². The van der Waals surface area contributed by atoms with Crippen molar-refractivity contribution in [2.45, 2.75) is 63.1 Å². The van der Waals surface area contributed by atoms with Gasteiger partial charge >= 0.3 is 0 Å². The first-order chi connectivity index (χ1) is 9.56. The van der Waals surface area contributed by atoms with Crippen LogP contribution in [0.4, 0.5) is 0 Å². The Morgan fingerprint density at radius 1 is 1.05 bits per heavy atom. The van der Waals surface area contributed by atoms with E-state index in [0.717, 1.165) is 25.7 Å². The van der Waals surface area contributed by atoms with E-state index in [4.69, 9.17) is 4.74 Å². The zero-order valence-corrected chi connectivity index (χ0v) is 11.4. The van der Waals surface area contributed by atoms with Crippen LogP contribution in [0.2, 0.25) is 0 Å². The quantitative estimate of drug-likeness (QED) is 0.673. The first kappa shape index (κ1) is 11.6. The van der Waals surface area contributed by atoms with E-state index in [9.17, 15) is 14.4 Å². The monoisotopic (exact) mass is 274 g/mol. The van der Waals surface area contributed by atoms with Gasteiger partial charge in [-0.25, -0.2) is 0 Å². The Bertz CT molecular complexity index is 581. The molecule has 0 aromatic heterocycles. The molecule has 4 bridgehead atoms. The van der Waals surface area contributed by atoms with Crippen molar-refractivity contribution in [3.63, 3.8) is 0 Å². The van der Waals surface area contributed by atoms with Gasteiger partial charge in [0, 0.05) is 30.6 Å². The van der Waals surface area contributed by atoms with Crippen molar-refractivity contribution >= 4 is 17.3 Å². The van der Waals surface area contributed by atoms with E-state index >= 15 is 0 Å². The number of carbonyl (C=O) groups is 3. The van der Waals surface area contributed by atoms with Crippen LogP contribution in [-0.2, 0) is 19.1 Å². The van der Waals surface area contributed by atoms with Crippen molar-refractivity contribution in [3.8, 4) is 0 Å². The fourth-order valence-corrected chi connectivity index (χ4v) is 6.42. The zero-order chi connectivity index (χ0) is 13.8. The molecule has 4 nitrogen and oxygen atoms in total. The van der Waals surface area contributed by atoms with Gasteiger partial charge in [0.05, 0.1) is 11.5 Å². The molecule has 0 N–H and O–H groups in total. The Morgan fingerprint density at radius 2 is 1.90 bits per heavy atom. The fraction of sp³-hybridized carbons (Fsp3) is 0.812. The third-order valence-electron chi connectivity index (χ3n) is 7.16. The minimum absolute atomic E-state index is 0.00812. The molecule has 1 aliphatic heterocycles. The number of Topliss-reactive ketones (excluding diaryl/α,β-unsaturated/α-hetero) is 3. The molecule has 5 atom stereocenters. The van der Waals surface area contributed by atoms with Crippen molar-refractivity contribution in [2.24, 2.45) is 16.7 Å². The molecule has 106 valence electrons. The Kier molecular flexibility index (Phi) is 1.79. The molecule has 2 spiro atoms. The highest BCUT2D eigenvalue weighted by molar-refractivity contribution is 6.06. The van der Waals surface area contributed by atoms with E-state index in [2.05, 4.69) is 0 Å². The highest BCUT2D eigenvalue weighted by Gasteiger charge is 2.85. The van der Waals surface area contributed by atoms with Gasteiger partial charge in [-0.3, -0.25) is 14.4 Å². The predicted octanol–water partition coefficient (Wildman–Crippen LogP) is 1.60. The molecule has 0 aromatic rings. The third-order valence-corrected chi connectivity index (χ3v) is 7.16. The van der Waals surface area contributed by atoms with Crippen LogP contribution in [0.5, 0.6) is 0 Å². The lowest BCUT2D eigenvalue weighted by atomic mass is 9.45.